The van der Waals surface area contributed by atoms with Gasteiger partial charge in [-0.2, -0.15) is 0 Å². The zero-order valence-electron chi connectivity index (χ0n) is 28.0. The van der Waals surface area contributed by atoms with E-state index in [1.807, 2.05) is 0 Å². The number of carbonyl (C=O) groups is 2. The summed E-state index contributed by atoms with van der Waals surface area (Å²) in [5.41, 5.74) is 17.6. The molecule has 2 N–H and O–H groups in total. The summed E-state index contributed by atoms with van der Waals surface area (Å²) in [6.07, 6.45) is 3.30. The Kier molecular flexibility index (Phi) is 9.14. The third-order valence-corrected chi connectivity index (χ3v) is 9.49. The van der Waals surface area contributed by atoms with E-state index in [4.69, 9.17) is 19.4 Å². The molecule has 0 saturated carbocycles. The number of ether oxygens (including phenoxy) is 2. The van der Waals surface area contributed by atoms with Gasteiger partial charge in [-0.3, -0.25) is 9.59 Å². The average Bonchev–Trinajstić information content (AvgIpc) is 3.71. The molecule has 5 rings (SSSR count). The lowest BCUT2D eigenvalue weighted by atomic mass is 9.97. The van der Waals surface area contributed by atoms with Gasteiger partial charge in [0.2, 0.25) is 0 Å². The fraction of sp³-hybridized carbons (Fsp3) is 0.405. The van der Waals surface area contributed by atoms with E-state index < -0.39 is 0 Å². The number of nitrogens with zero attached hydrogens (tertiary/aromatic N) is 2. The second-order valence-electron chi connectivity index (χ2n) is 11.9. The van der Waals surface area contributed by atoms with Crippen LogP contribution < -0.4 is 0 Å². The number of fused-ring (bicyclic) bond motifs is 8. The molecule has 0 atom stereocenters. The van der Waals surface area contributed by atoms with Crippen molar-refractivity contribution < 1.29 is 19.1 Å². The largest absolute Gasteiger partial charge is 0.469 e. The normalized spacial score (nSPS) is 13.1. The number of allylic oxidation sites excluding steroid dienone is 4. The molecule has 0 aromatic carbocycles. The lowest BCUT2D eigenvalue weighted by Crippen LogP contribution is -2.02. The summed E-state index contributed by atoms with van der Waals surface area (Å²) in [5, 5.41) is 0. The number of rotatable bonds is 8. The van der Waals surface area contributed by atoms with Crippen molar-refractivity contribution in [3.63, 3.8) is 0 Å². The first-order valence-corrected chi connectivity index (χ1v) is 15.8. The zero-order valence-corrected chi connectivity index (χ0v) is 28.0. The van der Waals surface area contributed by atoms with Crippen LogP contribution in [0.1, 0.15) is 104 Å². The molecule has 2 aliphatic heterocycles. The first-order chi connectivity index (χ1) is 21.5. The van der Waals surface area contributed by atoms with Crippen molar-refractivity contribution in [1.82, 2.24) is 19.9 Å². The predicted octanol–water partition coefficient (Wildman–Crippen LogP) is 8.13. The molecule has 8 bridgehead atoms. The van der Waals surface area contributed by atoms with Crippen LogP contribution in [0.25, 0.3) is 44.4 Å². The maximum atomic E-state index is 12.2. The number of carbonyl (C=O) groups excluding carboxylic acids is 2. The minimum Gasteiger partial charge on any atom is -0.469 e. The van der Waals surface area contributed by atoms with Crippen LogP contribution >= 0.6 is 0 Å². The minimum atomic E-state index is -0.253. The van der Waals surface area contributed by atoms with Gasteiger partial charge in [-0.1, -0.05) is 13.8 Å². The average molecular weight is 609 g/mol. The summed E-state index contributed by atoms with van der Waals surface area (Å²) in [6, 6.07) is 6.36. The molecule has 8 heteroatoms. The number of nitrogens with one attached hydrogen (secondary N) is 2. The van der Waals surface area contributed by atoms with E-state index in [9.17, 15) is 9.59 Å². The monoisotopic (exact) mass is 608 g/mol. The molecule has 3 aromatic heterocycles. The molecule has 236 valence electrons. The number of aromatic amines is 2. The van der Waals surface area contributed by atoms with E-state index >= 15 is 0 Å². The first-order valence-electron chi connectivity index (χ1n) is 15.8. The van der Waals surface area contributed by atoms with E-state index in [1.54, 1.807) is 0 Å². The van der Waals surface area contributed by atoms with Gasteiger partial charge in [-0.25, -0.2) is 9.97 Å². The van der Waals surface area contributed by atoms with Crippen molar-refractivity contribution in [2.45, 2.75) is 87.0 Å². The predicted molar refractivity (Wildman–Crippen MR) is 181 cm³/mol. The van der Waals surface area contributed by atoms with E-state index in [2.05, 4.69) is 76.6 Å². The SMILES string of the molecule is CCC1=C(C)c2nc1cc1[nH]c(cc3[nH]c(cc4nc(c2C)C(CC)=C4C)c(C)c3CCC(=O)OC)c(CCC(=O)OC)c1C. The van der Waals surface area contributed by atoms with Gasteiger partial charge in [0, 0.05) is 40.5 Å². The van der Waals surface area contributed by atoms with Gasteiger partial charge in [0.15, 0.2) is 0 Å². The molecule has 8 nitrogen and oxygen atoms in total. The fourth-order valence-corrected chi connectivity index (χ4v) is 6.75. The molecule has 3 aromatic rings. The van der Waals surface area contributed by atoms with Crippen LogP contribution in [-0.2, 0) is 31.9 Å². The standard InChI is InChI=1S/C37H44N4O4/c1-10-24-22(6)36-23(7)37-25(11-2)19(3)30(40-37)16-28-20(4)26(12-14-34(42)44-8)32(38-28)18-33-27(13-15-35(43)45-9)21(5)29(39-33)17-31(24)41-36/h16-18,38-39H,10-15H2,1-9H3. The summed E-state index contributed by atoms with van der Waals surface area (Å²) >= 11 is 0. The maximum absolute atomic E-state index is 12.2. The lowest BCUT2D eigenvalue weighted by molar-refractivity contribution is -0.141. The highest BCUT2D eigenvalue weighted by Gasteiger charge is 2.23. The van der Waals surface area contributed by atoms with E-state index in [1.165, 1.54) is 30.9 Å². The van der Waals surface area contributed by atoms with Crippen LogP contribution in [0.2, 0.25) is 0 Å². The number of aryl methyl sites for hydroxylation is 4. The molecular weight excluding hydrogens is 564 g/mol. The first kappa shape index (κ1) is 31.9. The highest BCUT2D eigenvalue weighted by molar-refractivity contribution is 5.97. The molecule has 2 aliphatic rings. The Bertz CT molecular complexity index is 1940. The molecular formula is C37H44N4O4. The van der Waals surface area contributed by atoms with Crippen LogP contribution in [0.15, 0.2) is 18.2 Å². The smallest absolute Gasteiger partial charge is 0.305 e. The lowest BCUT2D eigenvalue weighted by Gasteiger charge is -2.06. The number of aromatic nitrogens is 4. The van der Waals surface area contributed by atoms with Crippen LogP contribution in [0.4, 0.5) is 0 Å². The van der Waals surface area contributed by atoms with Gasteiger partial charge < -0.3 is 19.4 Å². The van der Waals surface area contributed by atoms with Crippen molar-refractivity contribution in [3.8, 4) is 0 Å². The van der Waals surface area contributed by atoms with Gasteiger partial charge in [-0.15, -0.1) is 0 Å². The highest BCUT2D eigenvalue weighted by Crippen LogP contribution is 2.39. The van der Waals surface area contributed by atoms with E-state index in [0.29, 0.717) is 12.8 Å². The number of esters is 2. The van der Waals surface area contributed by atoms with Crippen LogP contribution in [-0.4, -0.2) is 46.1 Å². The van der Waals surface area contributed by atoms with Crippen LogP contribution in [0, 0.1) is 20.8 Å². The molecule has 5 heterocycles. The van der Waals surface area contributed by atoms with Gasteiger partial charge in [0.1, 0.15) is 0 Å². The number of hydrogen-bond acceptors (Lipinski definition) is 6. The number of methoxy groups -OCH3 is 2. The van der Waals surface area contributed by atoms with E-state index in [0.717, 1.165) is 91.1 Å². The Morgan fingerprint density at radius 3 is 1.60 bits per heavy atom. The Labute approximate surface area is 265 Å². The van der Waals surface area contributed by atoms with Crippen LogP contribution in [0.5, 0.6) is 0 Å². The van der Waals surface area contributed by atoms with Crippen molar-refractivity contribution in [3.05, 3.63) is 68.8 Å². The minimum absolute atomic E-state index is 0.253. The Hall–Kier alpha value is -4.46. The van der Waals surface area contributed by atoms with E-state index in [-0.39, 0.29) is 24.8 Å². The molecule has 0 amide bonds. The second kappa shape index (κ2) is 12.9. The highest BCUT2D eigenvalue weighted by atomic mass is 16.5. The summed E-state index contributed by atoms with van der Waals surface area (Å²) in [6.45, 7) is 14.9. The van der Waals surface area contributed by atoms with Gasteiger partial charge in [0.25, 0.3) is 0 Å². The van der Waals surface area contributed by atoms with Crippen molar-refractivity contribution in [1.29, 1.82) is 0 Å². The molecule has 0 radical (unpaired) electrons. The number of H-pyrrole nitrogens is 2. The molecule has 0 saturated heterocycles. The van der Waals surface area contributed by atoms with Crippen LogP contribution in [0.3, 0.4) is 0 Å². The third-order valence-electron chi connectivity index (χ3n) is 9.49. The molecule has 0 fully saturated rings. The van der Waals surface area contributed by atoms with Gasteiger partial charge in [-0.05, 0) is 123 Å². The Balaban J connectivity index is 1.94. The Morgan fingerprint density at radius 2 is 1.11 bits per heavy atom. The fourth-order valence-electron chi connectivity index (χ4n) is 6.75. The third kappa shape index (κ3) is 5.86. The molecule has 0 spiro atoms. The van der Waals surface area contributed by atoms with Crippen molar-refractivity contribution in [2.75, 3.05) is 14.2 Å². The van der Waals surface area contributed by atoms with Crippen molar-refractivity contribution >= 4 is 56.3 Å². The summed E-state index contributed by atoms with van der Waals surface area (Å²) in [4.78, 5) is 42.1. The summed E-state index contributed by atoms with van der Waals surface area (Å²) in [5.74, 6) is -0.505. The molecule has 0 aliphatic carbocycles. The maximum Gasteiger partial charge on any atom is 0.305 e. The second-order valence-corrected chi connectivity index (χ2v) is 11.9. The molecule has 0 unspecified atom stereocenters. The molecule has 45 heavy (non-hydrogen) atoms. The van der Waals surface area contributed by atoms with Gasteiger partial charge in [0.05, 0.1) is 37.0 Å². The number of hydrogen-bond donors (Lipinski definition) is 2. The van der Waals surface area contributed by atoms with Crippen molar-refractivity contribution in [2.24, 2.45) is 0 Å². The Morgan fingerprint density at radius 1 is 0.622 bits per heavy atom. The zero-order chi connectivity index (χ0) is 32.6. The van der Waals surface area contributed by atoms with Gasteiger partial charge >= 0.3 is 11.9 Å². The topological polar surface area (TPSA) is 110 Å². The summed E-state index contributed by atoms with van der Waals surface area (Å²) < 4.78 is 9.95. The quantitative estimate of drug-likeness (QED) is 0.250. The summed E-state index contributed by atoms with van der Waals surface area (Å²) in [7, 11) is 2.83.